The van der Waals surface area contributed by atoms with Crippen molar-refractivity contribution in [3.05, 3.63) is 58.4 Å². The van der Waals surface area contributed by atoms with Crippen molar-refractivity contribution in [2.45, 2.75) is 13.8 Å². The highest BCUT2D eigenvalue weighted by Crippen LogP contribution is 2.20. The van der Waals surface area contributed by atoms with Gasteiger partial charge in [-0.1, -0.05) is 11.6 Å². The fourth-order valence-electron chi connectivity index (χ4n) is 1.77. The number of aryl methyl sites for hydroxylation is 2. The second-order valence-corrected chi connectivity index (χ2v) is 5.35. The van der Waals surface area contributed by atoms with Gasteiger partial charge in [0, 0.05) is 16.4 Å². The van der Waals surface area contributed by atoms with E-state index < -0.39 is 0 Å². The van der Waals surface area contributed by atoms with Crippen molar-refractivity contribution in [3.63, 3.8) is 0 Å². The highest BCUT2D eigenvalue weighted by molar-refractivity contribution is 7.80. The summed E-state index contributed by atoms with van der Waals surface area (Å²) in [4.78, 5) is 0. The van der Waals surface area contributed by atoms with Gasteiger partial charge in [-0.05, 0) is 73.6 Å². The van der Waals surface area contributed by atoms with Crippen LogP contribution < -0.4 is 10.6 Å². The van der Waals surface area contributed by atoms with Gasteiger partial charge in [-0.15, -0.1) is 0 Å². The zero-order valence-electron chi connectivity index (χ0n) is 11.1. The first-order valence-electron chi connectivity index (χ1n) is 6.06. The zero-order valence-corrected chi connectivity index (χ0v) is 12.7. The van der Waals surface area contributed by atoms with Gasteiger partial charge in [0.1, 0.15) is 5.82 Å². The molecule has 0 atom stereocenters. The number of nitrogens with one attached hydrogen (secondary N) is 2. The molecule has 0 spiro atoms. The van der Waals surface area contributed by atoms with E-state index in [9.17, 15) is 4.39 Å². The first kappa shape index (κ1) is 14.8. The molecule has 0 fully saturated rings. The van der Waals surface area contributed by atoms with Gasteiger partial charge in [0.2, 0.25) is 0 Å². The normalized spacial score (nSPS) is 10.2. The minimum absolute atomic E-state index is 0.233. The van der Waals surface area contributed by atoms with Crippen molar-refractivity contribution < 1.29 is 4.39 Å². The molecule has 104 valence electrons. The van der Waals surface area contributed by atoms with Crippen molar-refractivity contribution in [2.24, 2.45) is 0 Å². The van der Waals surface area contributed by atoms with Crippen LogP contribution in [-0.4, -0.2) is 5.11 Å². The third-order valence-corrected chi connectivity index (χ3v) is 3.29. The molecule has 0 saturated heterocycles. The van der Waals surface area contributed by atoms with Gasteiger partial charge >= 0.3 is 0 Å². The average Bonchev–Trinajstić information content (AvgIpc) is 2.37. The Morgan fingerprint density at radius 2 is 1.80 bits per heavy atom. The Morgan fingerprint density at radius 1 is 1.05 bits per heavy atom. The van der Waals surface area contributed by atoms with Crippen molar-refractivity contribution in [3.8, 4) is 0 Å². The molecule has 0 aliphatic rings. The van der Waals surface area contributed by atoms with Crippen LogP contribution in [0.25, 0.3) is 0 Å². The topological polar surface area (TPSA) is 24.1 Å². The lowest BCUT2D eigenvalue weighted by Crippen LogP contribution is -2.19. The molecular weight excluding hydrogens is 295 g/mol. The lowest BCUT2D eigenvalue weighted by Gasteiger charge is -2.13. The van der Waals surface area contributed by atoms with Crippen LogP contribution in [0, 0.1) is 19.7 Å². The monoisotopic (exact) mass is 308 g/mol. The van der Waals surface area contributed by atoms with E-state index in [1.54, 1.807) is 25.1 Å². The minimum Gasteiger partial charge on any atom is -0.332 e. The number of hydrogen-bond donors (Lipinski definition) is 2. The van der Waals surface area contributed by atoms with Crippen LogP contribution >= 0.6 is 23.8 Å². The predicted octanol–water partition coefficient (Wildman–Crippen LogP) is 4.90. The molecule has 2 aromatic rings. The third-order valence-electron chi connectivity index (χ3n) is 2.85. The van der Waals surface area contributed by atoms with E-state index in [4.69, 9.17) is 23.8 Å². The van der Waals surface area contributed by atoms with Gasteiger partial charge in [0.25, 0.3) is 0 Å². The maximum absolute atomic E-state index is 13.2. The Morgan fingerprint density at radius 3 is 2.45 bits per heavy atom. The number of thiocarbonyl (C=S) groups is 1. The molecule has 2 rings (SSSR count). The van der Waals surface area contributed by atoms with E-state index in [1.807, 2.05) is 19.1 Å². The molecule has 0 radical (unpaired) electrons. The number of anilines is 2. The van der Waals surface area contributed by atoms with E-state index in [2.05, 4.69) is 10.6 Å². The molecule has 0 aromatic heterocycles. The Bertz CT molecular complexity index is 658. The van der Waals surface area contributed by atoms with Crippen molar-refractivity contribution in [1.82, 2.24) is 0 Å². The third kappa shape index (κ3) is 3.68. The second-order valence-electron chi connectivity index (χ2n) is 4.50. The van der Waals surface area contributed by atoms with Crippen LogP contribution in [-0.2, 0) is 0 Å². The van der Waals surface area contributed by atoms with Gasteiger partial charge in [-0.3, -0.25) is 0 Å². The molecule has 0 heterocycles. The predicted molar refractivity (Wildman–Crippen MR) is 87.2 cm³/mol. The molecule has 5 heteroatoms. The van der Waals surface area contributed by atoms with E-state index in [0.29, 0.717) is 15.7 Å². The first-order valence-corrected chi connectivity index (χ1v) is 6.84. The van der Waals surface area contributed by atoms with Crippen LogP contribution in [0.1, 0.15) is 11.1 Å². The maximum Gasteiger partial charge on any atom is 0.175 e. The minimum atomic E-state index is -0.233. The van der Waals surface area contributed by atoms with Crippen LogP contribution in [0.4, 0.5) is 15.8 Å². The fourth-order valence-corrected chi connectivity index (χ4v) is 2.23. The molecule has 0 unspecified atom stereocenters. The van der Waals surface area contributed by atoms with E-state index in [1.165, 1.54) is 6.07 Å². The second kappa shape index (κ2) is 6.20. The smallest absolute Gasteiger partial charge is 0.175 e. The summed E-state index contributed by atoms with van der Waals surface area (Å²) in [6.07, 6.45) is 0. The molecule has 2 nitrogen and oxygen atoms in total. The summed E-state index contributed by atoms with van der Waals surface area (Å²) in [7, 11) is 0. The quantitative estimate of drug-likeness (QED) is 0.771. The average molecular weight is 309 g/mol. The van der Waals surface area contributed by atoms with Gasteiger partial charge in [-0.25, -0.2) is 4.39 Å². The van der Waals surface area contributed by atoms with Crippen molar-refractivity contribution in [1.29, 1.82) is 0 Å². The standard InChI is InChI=1S/C15H14ClFN2S/c1-9-8-12(4-5-13(9)17)18-15(20)19-14-6-3-11(16)7-10(14)2/h3-8H,1-2H3,(H2,18,19,20). The highest BCUT2D eigenvalue weighted by Gasteiger charge is 2.04. The van der Waals surface area contributed by atoms with Crippen LogP contribution in [0.3, 0.4) is 0 Å². The number of halogens is 2. The van der Waals surface area contributed by atoms with Gasteiger partial charge in [0.15, 0.2) is 5.11 Å². The lowest BCUT2D eigenvalue weighted by atomic mass is 10.2. The Labute approximate surface area is 128 Å². The summed E-state index contributed by atoms with van der Waals surface area (Å²) in [5, 5.41) is 7.24. The Kier molecular flexibility index (Phi) is 4.57. The van der Waals surface area contributed by atoms with Crippen LogP contribution in [0.15, 0.2) is 36.4 Å². The molecule has 2 aromatic carbocycles. The van der Waals surface area contributed by atoms with Crippen molar-refractivity contribution in [2.75, 3.05) is 10.6 Å². The number of hydrogen-bond acceptors (Lipinski definition) is 1. The van der Waals surface area contributed by atoms with Crippen LogP contribution in [0.2, 0.25) is 5.02 Å². The first-order chi connectivity index (χ1) is 9.45. The summed E-state index contributed by atoms with van der Waals surface area (Å²) in [5.74, 6) is -0.233. The molecular formula is C15H14ClFN2S. The lowest BCUT2D eigenvalue weighted by molar-refractivity contribution is 0.619. The molecule has 0 bridgehead atoms. The SMILES string of the molecule is Cc1cc(NC(=S)Nc2ccc(Cl)cc2C)ccc1F. The molecule has 0 aliphatic heterocycles. The summed E-state index contributed by atoms with van der Waals surface area (Å²) < 4.78 is 13.2. The van der Waals surface area contributed by atoms with E-state index >= 15 is 0 Å². The molecule has 2 N–H and O–H groups in total. The fraction of sp³-hybridized carbons (Fsp3) is 0.133. The van der Waals surface area contributed by atoms with E-state index in [-0.39, 0.29) is 5.82 Å². The van der Waals surface area contributed by atoms with Gasteiger partial charge in [0.05, 0.1) is 0 Å². The van der Waals surface area contributed by atoms with Crippen molar-refractivity contribution >= 4 is 40.3 Å². The summed E-state index contributed by atoms with van der Waals surface area (Å²) in [6.45, 7) is 3.65. The van der Waals surface area contributed by atoms with Gasteiger partial charge < -0.3 is 10.6 Å². The summed E-state index contributed by atoms with van der Waals surface area (Å²) in [5.41, 5.74) is 3.19. The highest BCUT2D eigenvalue weighted by atomic mass is 35.5. The number of rotatable bonds is 2. The summed E-state index contributed by atoms with van der Waals surface area (Å²) in [6, 6.07) is 10.3. The molecule has 0 amide bonds. The molecule has 0 saturated carbocycles. The molecule has 20 heavy (non-hydrogen) atoms. The van der Waals surface area contributed by atoms with Gasteiger partial charge in [-0.2, -0.15) is 0 Å². The van der Waals surface area contributed by atoms with E-state index in [0.717, 1.165) is 16.9 Å². The largest absolute Gasteiger partial charge is 0.332 e. The Hall–Kier alpha value is -1.65. The summed E-state index contributed by atoms with van der Waals surface area (Å²) >= 11 is 11.1. The zero-order chi connectivity index (χ0) is 14.7. The van der Waals surface area contributed by atoms with Crippen LogP contribution in [0.5, 0.6) is 0 Å². The molecule has 0 aliphatic carbocycles. The Balaban J connectivity index is 2.07. The maximum atomic E-state index is 13.2. The number of benzene rings is 2.